The molecular formula is C22H25BN2O4. The van der Waals surface area contributed by atoms with Crippen LogP contribution in [0.15, 0.2) is 54.6 Å². The van der Waals surface area contributed by atoms with E-state index in [2.05, 4.69) is 10.6 Å². The van der Waals surface area contributed by atoms with Crippen molar-refractivity contribution >= 4 is 24.5 Å². The van der Waals surface area contributed by atoms with Gasteiger partial charge in [-0.3, -0.25) is 9.59 Å². The van der Waals surface area contributed by atoms with Gasteiger partial charge in [-0.05, 0) is 42.0 Å². The average Bonchev–Trinajstić information content (AvgIpc) is 2.71. The van der Waals surface area contributed by atoms with Crippen LogP contribution in [0.25, 0.3) is 5.57 Å². The van der Waals surface area contributed by atoms with Gasteiger partial charge in [-0.25, -0.2) is 0 Å². The van der Waals surface area contributed by atoms with Gasteiger partial charge in [-0.1, -0.05) is 54.6 Å². The topological polar surface area (TPSA) is 98.7 Å². The van der Waals surface area contributed by atoms with Crippen LogP contribution in [-0.4, -0.2) is 35.4 Å². The Morgan fingerprint density at radius 1 is 1.10 bits per heavy atom. The summed E-state index contributed by atoms with van der Waals surface area (Å²) in [5, 5.41) is 23.4. The van der Waals surface area contributed by atoms with E-state index in [9.17, 15) is 9.59 Å². The zero-order valence-corrected chi connectivity index (χ0v) is 16.4. The molecular weight excluding hydrogens is 367 g/mol. The Morgan fingerprint density at radius 3 is 2.59 bits per heavy atom. The molecule has 1 unspecified atom stereocenters. The van der Waals surface area contributed by atoms with Crippen LogP contribution in [0.4, 0.5) is 0 Å². The summed E-state index contributed by atoms with van der Waals surface area (Å²) in [7, 11) is -1.62. The summed E-state index contributed by atoms with van der Waals surface area (Å²) in [4.78, 5) is 25.4. The fourth-order valence-electron chi connectivity index (χ4n) is 3.61. The van der Waals surface area contributed by atoms with Crippen LogP contribution in [0.3, 0.4) is 0 Å². The second kappa shape index (κ2) is 9.54. The molecule has 0 saturated carbocycles. The summed E-state index contributed by atoms with van der Waals surface area (Å²) in [6, 6.07) is 14.9. The van der Waals surface area contributed by atoms with Crippen molar-refractivity contribution in [1.29, 1.82) is 0 Å². The van der Waals surface area contributed by atoms with E-state index in [1.165, 1.54) is 0 Å². The summed E-state index contributed by atoms with van der Waals surface area (Å²) in [6.07, 6.45) is 3.38. The molecule has 0 radical (unpaired) electrons. The number of rotatable bonds is 7. The molecule has 3 rings (SSSR count). The maximum absolute atomic E-state index is 13.1. The predicted octanol–water partition coefficient (Wildman–Crippen LogP) is 1.70. The molecule has 0 heterocycles. The van der Waals surface area contributed by atoms with Crippen molar-refractivity contribution in [1.82, 2.24) is 10.6 Å². The predicted molar refractivity (Wildman–Crippen MR) is 113 cm³/mol. The highest BCUT2D eigenvalue weighted by molar-refractivity contribution is 6.41. The number of nitrogens with one attached hydrogen (secondary N) is 2. The Bertz CT molecular complexity index is 927. The molecule has 0 saturated heterocycles. The fraction of sp³-hybridized carbons (Fsp3) is 0.273. The van der Waals surface area contributed by atoms with Crippen molar-refractivity contribution in [3.63, 3.8) is 0 Å². The van der Waals surface area contributed by atoms with Crippen LogP contribution in [0.2, 0.25) is 0 Å². The number of hydrogen-bond donors (Lipinski definition) is 4. The molecule has 29 heavy (non-hydrogen) atoms. The quantitative estimate of drug-likeness (QED) is 0.539. The molecule has 1 aliphatic carbocycles. The first-order valence-corrected chi connectivity index (χ1v) is 9.73. The minimum atomic E-state index is -1.62. The molecule has 150 valence electrons. The third-order valence-corrected chi connectivity index (χ3v) is 5.05. The number of carbonyl (C=O) groups is 2. The lowest BCUT2D eigenvalue weighted by Crippen LogP contribution is -2.38. The summed E-state index contributed by atoms with van der Waals surface area (Å²) < 4.78 is 0. The summed E-state index contributed by atoms with van der Waals surface area (Å²) in [5.74, 6) is -0.593. The number of aryl methyl sites for hydroxylation is 2. The second-order valence-electron chi connectivity index (χ2n) is 7.19. The number of fused-ring (bicyclic) bond motifs is 1. The van der Waals surface area contributed by atoms with Gasteiger partial charge in [0.15, 0.2) is 0 Å². The standard InChI is InChI=1S/C22H25BN2O4/c1-15-7-2-4-10-17(15)20(13-21(26)24-14-23(28)29)25-22(27)19-12-6-9-16-8-3-5-11-18(16)19/h2-5,7-8,10-12,20,28-29H,6,9,13-14H2,1H3,(H,24,26)(H,25,27). The molecule has 0 aromatic heterocycles. The van der Waals surface area contributed by atoms with Crippen LogP contribution >= 0.6 is 0 Å². The second-order valence-corrected chi connectivity index (χ2v) is 7.19. The number of hydrogen-bond acceptors (Lipinski definition) is 4. The number of carbonyl (C=O) groups excluding carboxylic acids is 2. The maximum atomic E-state index is 13.1. The van der Waals surface area contributed by atoms with Crippen molar-refractivity contribution in [3.8, 4) is 0 Å². The van der Waals surface area contributed by atoms with E-state index >= 15 is 0 Å². The highest BCUT2D eigenvalue weighted by Gasteiger charge is 2.24. The van der Waals surface area contributed by atoms with Gasteiger partial charge in [-0.15, -0.1) is 0 Å². The minimum Gasteiger partial charge on any atom is -0.426 e. The lowest BCUT2D eigenvalue weighted by atomic mass is 9.89. The molecule has 0 spiro atoms. The Morgan fingerprint density at radius 2 is 1.83 bits per heavy atom. The molecule has 1 atom stereocenters. The van der Waals surface area contributed by atoms with Gasteiger partial charge >= 0.3 is 7.12 Å². The van der Waals surface area contributed by atoms with Crippen LogP contribution < -0.4 is 10.6 Å². The lowest BCUT2D eigenvalue weighted by molar-refractivity contribution is -0.122. The largest absolute Gasteiger partial charge is 0.472 e. The van der Waals surface area contributed by atoms with E-state index in [1.54, 1.807) is 0 Å². The van der Waals surface area contributed by atoms with E-state index < -0.39 is 13.2 Å². The van der Waals surface area contributed by atoms with Crippen molar-refractivity contribution in [2.24, 2.45) is 0 Å². The lowest BCUT2D eigenvalue weighted by Gasteiger charge is -2.23. The summed E-state index contributed by atoms with van der Waals surface area (Å²) in [5.41, 5.74) is 4.50. The first-order valence-electron chi connectivity index (χ1n) is 9.73. The number of allylic oxidation sites excluding steroid dienone is 1. The van der Waals surface area contributed by atoms with Crippen molar-refractivity contribution < 1.29 is 19.6 Å². The highest BCUT2D eigenvalue weighted by Crippen LogP contribution is 2.28. The first kappa shape index (κ1) is 20.8. The molecule has 2 aromatic rings. The average molecular weight is 392 g/mol. The summed E-state index contributed by atoms with van der Waals surface area (Å²) in [6.45, 7) is 1.93. The fourth-order valence-corrected chi connectivity index (χ4v) is 3.61. The van der Waals surface area contributed by atoms with E-state index in [0.717, 1.165) is 35.1 Å². The Balaban J connectivity index is 1.81. The summed E-state index contributed by atoms with van der Waals surface area (Å²) >= 11 is 0. The van der Waals surface area contributed by atoms with E-state index in [1.807, 2.05) is 61.5 Å². The third kappa shape index (κ3) is 5.34. The molecule has 7 heteroatoms. The van der Waals surface area contributed by atoms with Crippen LogP contribution in [0.5, 0.6) is 0 Å². The van der Waals surface area contributed by atoms with Gasteiger partial charge in [0, 0.05) is 5.57 Å². The molecule has 0 bridgehead atoms. The number of benzene rings is 2. The number of amides is 2. The Kier molecular flexibility index (Phi) is 6.85. The van der Waals surface area contributed by atoms with Crippen LogP contribution in [-0.2, 0) is 16.0 Å². The first-order chi connectivity index (χ1) is 14.0. The van der Waals surface area contributed by atoms with Gasteiger partial charge in [0.25, 0.3) is 5.91 Å². The van der Waals surface area contributed by atoms with E-state index in [0.29, 0.717) is 5.57 Å². The maximum Gasteiger partial charge on any atom is 0.472 e. The molecule has 2 amide bonds. The molecule has 4 N–H and O–H groups in total. The molecule has 1 aliphatic rings. The van der Waals surface area contributed by atoms with Crippen LogP contribution in [0, 0.1) is 6.92 Å². The highest BCUT2D eigenvalue weighted by atomic mass is 16.4. The monoisotopic (exact) mass is 392 g/mol. The van der Waals surface area contributed by atoms with Crippen molar-refractivity contribution in [3.05, 3.63) is 76.9 Å². The Hall–Kier alpha value is -2.90. The van der Waals surface area contributed by atoms with Gasteiger partial charge < -0.3 is 20.7 Å². The zero-order valence-electron chi connectivity index (χ0n) is 16.4. The Labute approximate surface area is 170 Å². The van der Waals surface area contributed by atoms with Crippen LogP contribution in [0.1, 0.15) is 41.1 Å². The smallest absolute Gasteiger partial charge is 0.426 e. The normalized spacial score (nSPS) is 13.7. The molecule has 0 aliphatic heterocycles. The SMILES string of the molecule is Cc1ccccc1C(CC(=O)NCB(O)O)NC(=O)C1=CCCc2ccccc21. The molecule has 6 nitrogen and oxygen atoms in total. The van der Waals surface area contributed by atoms with Gasteiger partial charge in [0.2, 0.25) is 5.91 Å². The third-order valence-electron chi connectivity index (χ3n) is 5.05. The molecule has 0 fully saturated rings. The van der Waals surface area contributed by atoms with Gasteiger partial charge in [0.05, 0.1) is 18.9 Å². The minimum absolute atomic E-state index is 0.00175. The van der Waals surface area contributed by atoms with Gasteiger partial charge in [-0.2, -0.15) is 0 Å². The van der Waals surface area contributed by atoms with Gasteiger partial charge in [0.1, 0.15) is 0 Å². The molecule has 2 aromatic carbocycles. The van der Waals surface area contributed by atoms with Crippen molar-refractivity contribution in [2.75, 3.05) is 6.44 Å². The zero-order chi connectivity index (χ0) is 20.8. The van der Waals surface area contributed by atoms with E-state index in [-0.39, 0.29) is 24.7 Å². The van der Waals surface area contributed by atoms with Crippen molar-refractivity contribution in [2.45, 2.75) is 32.2 Å². The van der Waals surface area contributed by atoms with E-state index in [4.69, 9.17) is 10.0 Å².